The molecular formula is C14H19NO3S. The molecule has 0 bridgehead atoms. The molecule has 0 saturated heterocycles. The molecule has 0 heterocycles. The zero-order valence-electron chi connectivity index (χ0n) is 11.5. The van der Waals surface area contributed by atoms with Gasteiger partial charge in [0.25, 0.3) is 0 Å². The van der Waals surface area contributed by atoms with Crippen molar-refractivity contribution in [1.29, 1.82) is 0 Å². The first kappa shape index (κ1) is 15.6. The van der Waals surface area contributed by atoms with Gasteiger partial charge in [-0.2, -0.15) is 0 Å². The second-order valence-corrected chi connectivity index (χ2v) is 5.53. The fraction of sp³-hybridized carbons (Fsp3) is 0.429. The Bertz CT molecular complexity index is 474. The lowest BCUT2D eigenvalue weighted by Crippen LogP contribution is -2.30. The number of aliphatic carboxylic acids is 1. The molecule has 1 aromatic carbocycles. The summed E-state index contributed by atoms with van der Waals surface area (Å²) >= 11 is 1.49. The van der Waals surface area contributed by atoms with Crippen LogP contribution in [0.5, 0.6) is 0 Å². The van der Waals surface area contributed by atoms with Gasteiger partial charge >= 0.3 is 5.97 Å². The number of aryl methyl sites for hydroxylation is 2. The third-order valence-electron chi connectivity index (χ3n) is 2.78. The van der Waals surface area contributed by atoms with Gasteiger partial charge in [-0.05, 0) is 25.5 Å². The summed E-state index contributed by atoms with van der Waals surface area (Å²) in [6.45, 7) is 4.28. The van der Waals surface area contributed by atoms with Crippen LogP contribution in [-0.4, -0.2) is 41.2 Å². The topological polar surface area (TPSA) is 57.6 Å². The maximum atomic E-state index is 11.8. The van der Waals surface area contributed by atoms with Crippen molar-refractivity contribution in [3.63, 3.8) is 0 Å². The predicted octanol–water partition coefficient (Wildman–Crippen LogP) is 2.33. The quantitative estimate of drug-likeness (QED) is 0.813. The maximum Gasteiger partial charge on any atom is 0.305 e. The van der Waals surface area contributed by atoms with Crippen LogP contribution in [0.1, 0.15) is 17.5 Å². The Balaban J connectivity index is 2.49. The van der Waals surface area contributed by atoms with Crippen LogP contribution in [-0.2, 0) is 9.59 Å². The molecule has 0 aromatic heterocycles. The number of nitrogens with zero attached hydrogens (tertiary/aromatic N) is 1. The molecule has 0 spiro atoms. The van der Waals surface area contributed by atoms with Crippen LogP contribution >= 0.6 is 11.8 Å². The SMILES string of the molecule is Cc1ccc(C)c(SCC(=O)N(C)CCC(=O)O)c1. The largest absolute Gasteiger partial charge is 0.481 e. The number of benzene rings is 1. The number of carbonyl (C=O) groups is 2. The predicted molar refractivity (Wildman–Crippen MR) is 76.5 cm³/mol. The smallest absolute Gasteiger partial charge is 0.305 e. The summed E-state index contributed by atoms with van der Waals surface area (Å²) in [5, 5.41) is 8.58. The lowest BCUT2D eigenvalue weighted by atomic mass is 10.2. The molecule has 5 heteroatoms. The molecule has 0 aliphatic heterocycles. The highest BCUT2D eigenvalue weighted by molar-refractivity contribution is 8.00. The van der Waals surface area contributed by atoms with E-state index in [0.717, 1.165) is 10.5 Å². The monoisotopic (exact) mass is 281 g/mol. The summed E-state index contributed by atoms with van der Waals surface area (Å²) in [6, 6.07) is 6.14. The molecule has 0 aliphatic carbocycles. The first-order chi connectivity index (χ1) is 8.90. The van der Waals surface area contributed by atoms with Crippen molar-refractivity contribution >= 4 is 23.6 Å². The summed E-state index contributed by atoms with van der Waals surface area (Å²) in [4.78, 5) is 24.8. The minimum absolute atomic E-state index is 0.0175. The van der Waals surface area contributed by atoms with Crippen LogP contribution in [0.25, 0.3) is 0 Å². The van der Waals surface area contributed by atoms with Gasteiger partial charge in [0.1, 0.15) is 0 Å². The normalized spacial score (nSPS) is 10.3. The Morgan fingerprint density at radius 2 is 2.00 bits per heavy atom. The van der Waals surface area contributed by atoms with Crippen molar-refractivity contribution < 1.29 is 14.7 Å². The summed E-state index contributed by atoms with van der Waals surface area (Å²) in [6.07, 6.45) is -0.0175. The minimum atomic E-state index is -0.887. The van der Waals surface area contributed by atoms with Crippen molar-refractivity contribution in [2.75, 3.05) is 19.3 Å². The van der Waals surface area contributed by atoms with E-state index in [-0.39, 0.29) is 18.9 Å². The third-order valence-corrected chi connectivity index (χ3v) is 3.92. The van der Waals surface area contributed by atoms with Crippen LogP contribution in [0.3, 0.4) is 0 Å². The molecule has 0 radical (unpaired) electrons. The van der Waals surface area contributed by atoms with E-state index in [0.29, 0.717) is 5.75 Å². The number of hydrogen-bond donors (Lipinski definition) is 1. The van der Waals surface area contributed by atoms with E-state index in [1.54, 1.807) is 7.05 Å². The van der Waals surface area contributed by atoms with Crippen LogP contribution in [0.4, 0.5) is 0 Å². The highest BCUT2D eigenvalue weighted by atomic mass is 32.2. The standard InChI is InChI=1S/C14H19NO3S/c1-10-4-5-11(2)12(8-10)19-9-13(16)15(3)7-6-14(17)18/h4-5,8H,6-7,9H2,1-3H3,(H,17,18). The fourth-order valence-corrected chi connectivity index (χ4v) is 2.56. The number of amides is 1. The average molecular weight is 281 g/mol. The van der Waals surface area contributed by atoms with Crippen LogP contribution in [0.2, 0.25) is 0 Å². The molecule has 4 nitrogen and oxygen atoms in total. The van der Waals surface area contributed by atoms with E-state index >= 15 is 0 Å². The molecule has 0 fully saturated rings. The summed E-state index contributed by atoms with van der Waals surface area (Å²) in [7, 11) is 1.63. The number of carboxylic acids is 1. The van der Waals surface area contributed by atoms with Gasteiger partial charge in [-0.3, -0.25) is 9.59 Å². The zero-order chi connectivity index (χ0) is 14.4. The second kappa shape index (κ2) is 7.19. The Labute approximate surface area is 117 Å². The van der Waals surface area contributed by atoms with E-state index in [1.807, 2.05) is 26.0 Å². The van der Waals surface area contributed by atoms with Gasteiger partial charge in [-0.1, -0.05) is 17.7 Å². The van der Waals surface area contributed by atoms with Gasteiger partial charge in [0, 0.05) is 18.5 Å². The maximum absolute atomic E-state index is 11.8. The van der Waals surface area contributed by atoms with Gasteiger partial charge in [-0.15, -0.1) is 11.8 Å². The zero-order valence-corrected chi connectivity index (χ0v) is 12.3. The van der Waals surface area contributed by atoms with Crippen molar-refractivity contribution in [2.24, 2.45) is 0 Å². The first-order valence-electron chi connectivity index (χ1n) is 6.06. The number of rotatable bonds is 6. The molecule has 1 aromatic rings. The molecule has 104 valence electrons. The number of hydrogen-bond acceptors (Lipinski definition) is 3. The molecule has 1 N–H and O–H groups in total. The van der Waals surface area contributed by atoms with Crippen molar-refractivity contribution in [3.8, 4) is 0 Å². The van der Waals surface area contributed by atoms with E-state index in [2.05, 4.69) is 6.07 Å². The molecule has 0 saturated carbocycles. The van der Waals surface area contributed by atoms with Gasteiger partial charge in [-0.25, -0.2) is 0 Å². The highest BCUT2D eigenvalue weighted by Gasteiger charge is 2.11. The molecule has 1 rings (SSSR count). The Morgan fingerprint density at radius 1 is 1.32 bits per heavy atom. The lowest BCUT2D eigenvalue weighted by molar-refractivity contribution is -0.137. The molecule has 1 amide bonds. The minimum Gasteiger partial charge on any atom is -0.481 e. The number of carboxylic acid groups (broad SMARTS) is 1. The van der Waals surface area contributed by atoms with Gasteiger partial charge < -0.3 is 10.0 Å². The Morgan fingerprint density at radius 3 is 2.63 bits per heavy atom. The lowest BCUT2D eigenvalue weighted by Gasteiger charge is -2.16. The van der Waals surface area contributed by atoms with E-state index in [1.165, 1.54) is 22.2 Å². The van der Waals surface area contributed by atoms with E-state index < -0.39 is 5.97 Å². The van der Waals surface area contributed by atoms with E-state index in [4.69, 9.17) is 5.11 Å². The Kier molecular flexibility index (Phi) is 5.89. The van der Waals surface area contributed by atoms with Gasteiger partial charge in [0.2, 0.25) is 5.91 Å². The molecule has 19 heavy (non-hydrogen) atoms. The highest BCUT2D eigenvalue weighted by Crippen LogP contribution is 2.23. The second-order valence-electron chi connectivity index (χ2n) is 4.52. The van der Waals surface area contributed by atoms with Crippen LogP contribution in [0.15, 0.2) is 23.1 Å². The van der Waals surface area contributed by atoms with Gasteiger partial charge in [0.15, 0.2) is 0 Å². The van der Waals surface area contributed by atoms with Crippen molar-refractivity contribution in [1.82, 2.24) is 4.90 Å². The molecular weight excluding hydrogens is 262 g/mol. The summed E-state index contributed by atoms with van der Waals surface area (Å²) in [5.41, 5.74) is 2.32. The van der Waals surface area contributed by atoms with Crippen molar-refractivity contribution in [2.45, 2.75) is 25.2 Å². The summed E-state index contributed by atoms with van der Waals surface area (Å²) in [5.74, 6) is -0.602. The third kappa shape index (κ3) is 5.34. The fourth-order valence-electron chi connectivity index (χ4n) is 1.50. The molecule has 0 atom stereocenters. The molecule has 0 unspecified atom stereocenters. The van der Waals surface area contributed by atoms with Gasteiger partial charge in [0.05, 0.1) is 12.2 Å². The average Bonchev–Trinajstić information content (AvgIpc) is 2.36. The Hall–Kier alpha value is -1.49. The summed E-state index contributed by atoms with van der Waals surface area (Å²) < 4.78 is 0. The number of thioether (sulfide) groups is 1. The first-order valence-corrected chi connectivity index (χ1v) is 7.04. The van der Waals surface area contributed by atoms with E-state index in [9.17, 15) is 9.59 Å². The van der Waals surface area contributed by atoms with Crippen LogP contribution < -0.4 is 0 Å². The van der Waals surface area contributed by atoms with Crippen molar-refractivity contribution in [3.05, 3.63) is 29.3 Å². The number of carbonyl (C=O) groups excluding carboxylic acids is 1. The van der Waals surface area contributed by atoms with Crippen LogP contribution in [0, 0.1) is 13.8 Å². The molecule has 0 aliphatic rings.